The van der Waals surface area contributed by atoms with Crippen molar-refractivity contribution in [3.8, 4) is 0 Å². The molecule has 38 heavy (non-hydrogen) atoms. The Labute approximate surface area is 230 Å². The smallest absolute Gasteiger partial charge is 0.251 e. The van der Waals surface area contributed by atoms with Crippen LogP contribution in [0.15, 0.2) is 72.8 Å². The number of nitrogens with one attached hydrogen (secondary N) is 1. The number of benzene rings is 3. The number of hydrogen-bond donors (Lipinski definition) is 1. The number of para-hydroxylation sites is 1. The Kier molecular flexibility index (Phi) is 8.15. The minimum Gasteiger partial charge on any atom is -0.352 e. The number of hydrogen-bond acceptors (Lipinski definition) is 3. The molecule has 2 unspecified atom stereocenters. The minimum atomic E-state index is -0.0638. The molecular formula is C32H36ClN3O2. The van der Waals surface area contributed by atoms with Gasteiger partial charge in [0.25, 0.3) is 5.91 Å². The lowest BCUT2D eigenvalue weighted by Crippen LogP contribution is -2.32. The van der Waals surface area contributed by atoms with Crippen LogP contribution in [0.3, 0.4) is 0 Å². The highest BCUT2D eigenvalue weighted by Gasteiger charge is 2.41. The van der Waals surface area contributed by atoms with Gasteiger partial charge in [0.2, 0.25) is 5.91 Å². The molecule has 0 radical (unpaired) electrons. The van der Waals surface area contributed by atoms with Gasteiger partial charge in [-0.15, -0.1) is 0 Å². The zero-order valence-electron chi connectivity index (χ0n) is 22.2. The van der Waals surface area contributed by atoms with Crippen molar-refractivity contribution in [2.75, 3.05) is 25.0 Å². The molecule has 3 atom stereocenters. The summed E-state index contributed by atoms with van der Waals surface area (Å²) in [4.78, 5) is 30.0. The normalized spacial score (nSPS) is 20.8. The van der Waals surface area contributed by atoms with E-state index in [0.717, 1.165) is 35.7 Å². The summed E-state index contributed by atoms with van der Waals surface area (Å²) < 4.78 is 0. The lowest BCUT2D eigenvalue weighted by molar-refractivity contribution is -0.116. The predicted molar refractivity (Wildman–Crippen MR) is 154 cm³/mol. The van der Waals surface area contributed by atoms with Gasteiger partial charge in [-0.2, -0.15) is 0 Å². The van der Waals surface area contributed by atoms with E-state index in [9.17, 15) is 9.59 Å². The topological polar surface area (TPSA) is 52.7 Å². The fourth-order valence-electron chi connectivity index (χ4n) is 5.82. The highest BCUT2D eigenvalue weighted by atomic mass is 35.5. The molecule has 1 saturated heterocycles. The Morgan fingerprint density at radius 1 is 1.03 bits per heavy atom. The second kappa shape index (κ2) is 11.7. The number of rotatable bonds is 9. The standard InChI is InChI=1S/C32H36ClN3O2/c1-22(37)36(31-11-4-3-10-28(31)30-20-29(30)24-12-14-26(33)15-13-24)21-23-7-5-8-25(19-23)32(38)34-17-16-27-9-6-18-35(27)2/h3-5,7-8,10-15,19,27,29-30H,6,9,16-18,20-21H2,1-2H3,(H,34,38)/t27?,29-,30?/m1/s1. The fraction of sp³-hybridized carbons (Fsp3) is 0.375. The van der Waals surface area contributed by atoms with Gasteiger partial charge in [-0.1, -0.05) is 54.1 Å². The summed E-state index contributed by atoms with van der Waals surface area (Å²) in [6, 6.07) is 24.5. The quantitative estimate of drug-likeness (QED) is 0.350. The first-order valence-electron chi connectivity index (χ1n) is 13.6. The third kappa shape index (κ3) is 6.11. The van der Waals surface area contributed by atoms with E-state index in [4.69, 9.17) is 11.6 Å². The molecule has 5 nitrogen and oxygen atoms in total. The van der Waals surface area contributed by atoms with E-state index < -0.39 is 0 Å². The molecule has 0 bridgehead atoms. The van der Waals surface area contributed by atoms with Crippen LogP contribution in [0.25, 0.3) is 0 Å². The van der Waals surface area contributed by atoms with Crippen LogP contribution in [0.5, 0.6) is 0 Å². The molecule has 2 fully saturated rings. The zero-order chi connectivity index (χ0) is 26.6. The Hall–Kier alpha value is -3.15. The number of carbonyl (C=O) groups excluding carboxylic acids is 2. The molecule has 3 aromatic carbocycles. The van der Waals surface area contributed by atoms with Crippen molar-refractivity contribution in [3.63, 3.8) is 0 Å². The van der Waals surface area contributed by atoms with Gasteiger partial charge in [-0.25, -0.2) is 0 Å². The van der Waals surface area contributed by atoms with Crippen LogP contribution < -0.4 is 10.2 Å². The third-order valence-corrected chi connectivity index (χ3v) is 8.31. The summed E-state index contributed by atoms with van der Waals surface area (Å²) in [5.41, 5.74) is 4.97. The maximum atomic E-state index is 12.9. The van der Waals surface area contributed by atoms with Crippen LogP contribution in [-0.4, -0.2) is 42.9 Å². The first kappa shape index (κ1) is 26.5. The largest absolute Gasteiger partial charge is 0.352 e. The predicted octanol–water partition coefficient (Wildman–Crippen LogP) is 6.38. The summed E-state index contributed by atoms with van der Waals surface area (Å²) in [6.07, 6.45) is 4.45. The first-order chi connectivity index (χ1) is 18.4. The van der Waals surface area contributed by atoms with Crippen LogP contribution in [0.1, 0.15) is 71.5 Å². The van der Waals surface area contributed by atoms with Crippen molar-refractivity contribution in [2.45, 2.75) is 57.0 Å². The van der Waals surface area contributed by atoms with E-state index in [1.54, 1.807) is 6.92 Å². The van der Waals surface area contributed by atoms with Crippen molar-refractivity contribution in [2.24, 2.45) is 0 Å². The van der Waals surface area contributed by atoms with E-state index in [2.05, 4.69) is 35.5 Å². The Bertz CT molecular complexity index is 1290. The van der Waals surface area contributed by atoms with E-state index in [0.29, 0.717) is 36.5 Å². The van der Waals surface area contributed by atoms with Crippen LogP contribution in [0.4, 0.5) is 5.69 Å². The van der Waals surface area contributed by atoms with Crippen LogP contribution >= 0.6 is 11.6 Å². The second-order valence-corrected chi connectivity index (χ2v) is 11.1. The monoisotopic (exact) mass is 529 g/mol. The van der Waals surface area contributed by atoms with E-state index in [-0.39, 0.29) is 11.8 Å². The molecule has 6 heteroatoms. The second-order valence-electron chi connectivity index (χ2n) is 10.7. The number of nitrogens with zero attached hydrogens (tertiary/aromatic N) is 2. The summed E-state index contributed by atoms with van der Waals surface area (Å²) in [6.45, 7) is 3.83. The van der Waals surface area contributed by atoms with Gasteiger partial charge in [-0.05, 0) is 98.1 Å². The van der Waals surface area contributed by atoms with Crippen LogP contribution in [-0.2, 0) is 11.3 Å². The fourth-order valence-corrected chi connectivity index (χ4v) is 5.95. The molecule has 1 heterocycles. The van der Waals surface area contributed by atoms with Crippen molar-refractivity contribution >= 4 is 29.1 Å². The Morgan fingerprint density at radius 3 is 2.55 bits per heavy atom. The SMILES string of the molecule is CC(=O)N(Cc1cccc(C(=O)NCCC2CCCN2C)c1)c1ccccc1C1C[C@@H]1c1ccc(Cl)cc1. The van der Waals surface area contributed by atoms with Crippen molar-refractivity contribution in [3.05, 3.63) is 100 Å². The van der Waals surface area contributed by atoms with Crippen molar-refractivity contribution in [1.82, 2.24) is 10.2 Å². The van der Waals surface area contributed by atoms with Gasteiger partial charge in [-0.3, -0.25) is 9.59 Å². The molecule has 0 spiro atoms. The molecule has 1 aliphatic heterocycles. The molecule has 2 amide bonds. The summed E-state index contributed by atoms with van der Waals surface area (Å²) in [7, 11) is 2.16. The van der Waals surface area contributed by atoms with Gasteiger partial charge in [0.15, 0.2) is 0 Å². The highest BCUT2D eigenvalue weighted by molar-refractivity contribution is 6.30. The van der Waals surface area contributed by atoms with Gasteiger partial charge in [0.1, 0.15) is 0 Å². The minimum absolute atomic E-state index is 0.0170. The van der Waals surface area contributed by atoms with E-state index in [1.807, 2.05) is 59.5 Å². The zero-order valence-corrected chi connectivity index (χ0v) is 23.0. The summed E-state index contributed by atoms with van der Waals surface area (Å²) >= 11 is 6.09. The van der Waals surface area contributed by atoms with Crippen LogP contribution in [0.2, 0.25) is 5.02 Å². The van der Waals surface area contributed by atoms with Crippen molar-refractivity contribution < 1.29 is 9.59 Å². The molecule has 198 valence electrons. The highest BCUT2D eigenvalue weighted by Crippen LogP contribution is 2.56. The van der Waals surface area contributed by atoms with Gasteiger partial charge in [0, 0.05) is 35.8 Å². The van der Waals surface area contributed by atoms with Gasteiger partial charge in [0.05, 0.1) is 6.54 Å². The van der Waals surface area contributed by atoms with Gasteiger partial charge >= 0.3 is 0 Å². The lowest BCUT2D eigenvalue weighted by Gasteiger charge is -2.25. The summed E-state index contributed by atoms with van der Waals surface area (Å²) in [5.74, 6) is 0.714. The Balaban J connectivity index is 1.28. The number of anilines is 1. The van der Waals surface area contributed by atoms with E-state index in [1.165, 1.54) is 24.0 Å². The number of likely N-dealkylation sites (tertiary alicyclic amines) is 1. The summed E-state index contributed by atoms with van der Waals surface area (Å²) in [5, 5.41) is 3.83. The molecule has 5 rings (SSSR count). The first-order valence-corrected chi connectivity index (χ1v) is 14.0. The molecule has 2 aliphatic rings. The maximum absolute atomic E-state index is 12.9. The maximum Gasteiger partial charge on any atom is 0.251 e. The molecule has 3 aromatic rings. The number of amides is 2. The number of halogens is 1. The average molecular weight is 530 g/mol. The lowest BCUT2D eigenvalue weighted by atomic mass is 10.0. The molecule has 0 aromatic heterocycles. The molecule has 1 aliphatic carbocycles. The Morgan fingerprint density at radius 2 is 1.82 bits per heavy atom. The molecule has 1 saturated carbocycles. The van der Waals surface area contributed by atoms with Gasteiger partial charge < -0.3 is 15.1 Å². The average Bonchev–Trinajstić information content (AvgIpc) is 3.61. The van der Waals surface area contributed by atoms with Crippen molar-refractivity contribution in [1.29, 1.82) is 0 Å². The molecule has 1 N–H and O–H groups in total. The number of carbonyl (C=O) groups is 2. The van der Waals surface area contributed by atoms with Crippen LogP contribution in [0, 0.1) is 0 Å². The van der Waals surface area contributed by atoms with E-state index >= 15 is 0 Å². The third-order valence-electron chi connectivity index (χ3n) is 8.06. The molecular weight excluding hydrogens is 494 g/mol.